The Morgan fingerprint density at radius 1 is 1.11 bits per heavy atom. The van der Waals surface area contributed by atoms with Crippen molar-refractivity contribution in [3.8, 4) is 5.75 Å². The Kier molecular flexibility index (Phi) is 5.31. The number of ether oxygens (including phenoxy) is 1. The third kappa shape index (κ3) is 3.37. The van der Waals surface area contributed by atoms with Crippen molar-refractivity contribution in [2.75, 3.05) is 26.7 Å². The van der Waals surface area contributed by atoms with Gasteiger partial charge in [-0.15, -0.1) is 0 Å². The monoisotopic (exact) mass is 380 g/mol. The van der Waals surface area contributed by atoms with Crippen molar-refractivity contribution in [1.82, 2.24) is 20.0 Å². The number of hydrogen-bond acceptors (Lipinski definition) is 5. The van der Waals surface area contributed by atoms with Crippen LogP contribution in [0.4, 0.5) is 0 Å². The first-order valence-electron chi connectivity index (χ1n) is 10.1. The molecule has 3 heterocycles. The molecule has 2 saturated heterocycles. The molecular formula is C22H28N4O2. The van der Waals surface area contributed by atoms with E-state index >= 15 is 0 Å². The van der Waals surface area contributed by atoms with E-state index in [-0.39, 0.29) is 5.91 Å². The number of piperazine rings is 1. The van der Waals surface area contributed by atoms with Gasteiger partial charge in [-0.3, -0.25) is 9.69 Å². The maximum Gasteiger partial charge on any atom is 0.255 e. The molecule has 1 aromatic heterocycles. The summed E-state index contributed by atoms with van der Waals surface area (Å²) in [5.41, 5.74) is 4.58. The Morgan fingerprint density at radius 2 is 1.96 bits per heavy atom. The molecule has 2 fully saturated rings. The molecule has 0 spiro atoms. The predicted octanol–water partition coefficient (Wildman–Crippen LogP) is 3.15. The van der Waals surface area contributed by atoms with E-state index in [9.17, 15) is 4.79 Å². The van der Waals surface area contributed by atoms with Crippen molar-refractivity contribution in [3.63, 3.8) is 0 Å². The summed E-state index contributed by atoms with van der Waals surface area (Å²) in [7, 11) is 1.73. The molecule has 2 atom stereocenters. The lowest BCUT2D eigenvalue weighted by atomic mass is 9.86. The summed E-state index contributed by atoms with van der Waals surface area (Å²) in [6.45, 7) is 6.78. The number of benzene rings is 1. The van der Waals surface area contributed by atoms with Crippen LogP contribution in [0.2, 0.25) is 0 Å². The van der Waals surface area contributed by atoms with Crippen LogP contribution in [0.5, 0.6) is 5.75 Å². The highest BCUT2D eigenvalue weighted by molar-refractivity contribution is 5.93. The Labute approximate surface area is 166 Å². The van der Waals surface area contributed by atoms with Crippen LogP contribution in [0.15, 0.2) is 30.6 Å². The molecule has 0 saturated carbocycles. The summed E-state index contributed by atoms with van der Waals surface area (Å²) in [4.78, 5) is 17.4. The van der Waals surface area contributed by atoms with Crippen LogP contribution >= 0.6 is 0 Å². The van der Waals surface area contributed by atoms with Crippen LogP contribution < -0.4 is 4.74 Å². The maximum absolute atomic E-state index is 12.8. The quantitative estimate of drug-likeness (QED) is 0.819. The van der Waals surface area contributed by atoms with Gasteiger partial charge in [-0.1, -0.05) is 6.07 Å². The largest absolute Gasteiger partial charge is 0.496 e. The molecule has 2 aromatic rings. The van der Waals surface area contributed by atoms with Crippen LogP contribution in [-0.4, -0.2) is 58.7 Å². The van der Waals surface area contributed by atoms with Gasteiger partial charge in [0, 0.05) is 31.7 Å². The predicted molar refractivity (Wildman–Crippen MR) is 107 cm³/mol. The number of aromatic nitrogens is 2. The van der Waals surface area contributed by atoms with Crippen LogP contribution in [0.3, 0.4) is 0 Å². The molecule has 148 valence electrons. The SMILES string of the molecule is COc1ccc([C@H]2CCC[C@H]3CN(C(=O)c4ccnnc4)CCN32)c(C)c1C. The van der Waals surface area contributed by atoms with Crippen LogP contribution in [0.25, 0.3) is 0 Å². The highest BCUT2D eigenvalue weighted by atomic mass is 16.5. The Balaban J connectivity index is 1.53. The summed E-state index contributed by atoms with van der Waals surface area (Å²) in [5.74, 6) is 1.02. The Bertz CT molecular complexity index is 855. The van der Waals surface area contributed by atoms with Crippen molar-refractivity contribution in [1.29, 1.82) is 0 Å². The van der Waals surface area contributed by atoms with E-state index in [4.69, 9.17) is 4.74 Å². The maximum atomic E-state index is 12.8. The molecule has 0 unspecified atom stereocenters. The second kappa shape index (κ2) is 7.87. The average Bonchev–Trinajstić information content (AvgIpc) is 2.75. The number of hydrogen-bond donors (Lipinski definition) is 0. The molecule has 28 heavy (non-hydrogen) atoms. The van der Waals surface area contributed by atoms with Gasteiger partial charge in [0.1, 0.15) is 5.75 Å². The van der Waals surface area contributed by atoms with E-state index in [1.165, 1.54) is 29.5 Å². The summed E-state index contributed by atoms with van der Waals surface area (Å²) >= 11 is 0. The van der Waals surface area contributed by atoms with E-state index in [1.807, 2.05) is 4.90 Å². The summed E-state index contributed by atoms with van der Waals surface area (Å²) in [6.07, 6.45) is 6.64. The van der Waals surface area contributed by atoms with E-state index in [0.717, 1.165) is 31.8 Å². The van der Waals surface area contributed by atoms with E-state index in [0.29, 0.717) is 17.6 Å². The first kappa shape index (κ1) is 18.9. The normalized spacial score (nSPS) is 22.6. The highest BCUT2D eigenvalue weighted by Crippen LogP contribution is 2.39. The summed E-state index contributed by atoms with van der Waals surface area (Å²) in [6, 6.07) is 6.90. The summed E-state index contributed by atoms with van der Waals surface area (Å²) in [5, 5.41) is 7.62. The number of carbonyl (C=O) groups excluding carboxylic acids is 1. The molecular weight excluding hydrogens is 352 g/mol. The lowest BCUT2D eigenvalue weighted by Gasteiger charge is -2.48. The van der Waals surface area contributed by atoms with Crippen molar-refractivity contribution in [2.45, 2.75) is 45.2 Å². The van der Waals surface area contributed by atoms with E-state index in [1.54, 1.807) is 25.6 Å². The third-order valence-electron chi connectivity index (χ3n) is 6.42. The van der Waals surface area contributed by atoms with Gasteiger partial charge in [0.25, 0.3) is 5.91 Å². The number of amides is 1. The Morgan fingerprint density at radius 3 is 2.71 bits per heavy atom. The zero-order valence-corrected chi connectivity index (χ0v) is 16.9. The smallest absolute Gasteiger partial charge is 0.255 e. The second-order valence-electron chi connectivity index (χ2n) is 7.83. The van der Waals surface area contributed by atoms with Gasteiger partial charge in [-0.2, -0.15) is 10.2 Å². The third-order valence-corrected chi connectivity index (χ3v) is 6.42. The van der Waals surface area contributed by atoms with Gasteiger partial charge in [0.05, 0.1) is 25.1 Å². The molecule has 0 aliphatic carbocycles. The number of fused-ring (bicyclic) bond motifs is 1. The van der Waals surface area contributed by atoms with E-state index in [2.05, 4.69) is 41.1 Å². The molecule has 0 radical (unpaired) electrons. The minimum atomic E-state index is 0.0631. The van der Waals surface area contributed by atoms with Crippen molar-refractivity contribution < 1.29 is 9.53 Å². The second-order valence-corrected chi connectivity index (χ2v) is 7.83. The first-order valence-corrected chi connectivity index (χ1v) is 10.1. The Hall–Kier alpha value is -2.47. The van der Waals surface area contributed by atoms with Gasteiger partial charge in [0.2, 0.25) is 0 Å². The van der Waals surface area contributed by atoms with Crippen LogP contribution in [0, 0.1) is 13.8 Å². The van der Waals surface area contributed by atoms with Gasteiger partial charge < -0.3 is 9.64 Å². The topological polar surface area (TPSA) is 58.6 Å². The molecule has 0 N–H and O–H groups in total. The molecule has 2 aliphatic rings. The van der Waals surface area contributed by atoms with Crippen molar-refractivity contribution in [2.24, 2.45) is 0 Å². The lowest BCUT2D eigenvalue weighted by Crippen LogP contribution is -2.57. The van der Waals surface area contributed by atoms with Gasteiger partial charge in [0.15, 0.2) is 0 Å². The van der Waals surface area contributed by atoms with Crippen LogP contribution in [0.1, 0.15) is 52.4 Å². The molecule has 4 rings (SSSR count). The zero-order chi connectivity index (χ0) is 19.7. The fourth-order valence-corrected chi connectivity index (χ4v) is 4.77. The number of methoxy groups -OCH3 is 1. The summed E-state index contributed by atoms with van der Waals surface area (Å²) < 4.78 is 5.49. The molecule has 0 bridgehead atoms. The number of nitrogens with zero attached hydrogens (tertiary/aromatic N) is 4. The number of piperidine rings is 1. The highest BCUT2D eigenvalue weighted by Gasteiger charge is 2.37. The molecule has 1 amide bonds. The molecule has 6 nitrogen and oxygen atoms in total. The van der Waals surface area contributed by atoms with Crippen LogP contribution in [-0.2, 0) is 0 Å². The van der Waals surface area contributed by atoms with Gasteiger partial charge in [-0.25, -0.2) is 0 Å². The average molecular weight is 380 g/mol. The minimum absolute atomic E-state index is 0.0631. The molecule has 2 aliphatic heterocycles. The van der Waals surface area contributed by atoms with Crippen molar-refractivity contribution >= 4 is 5.91 Å². The minimum Gasteiger partial charge on any atom is -0.496 e. The number of carbonyl (C=O) groups is 1. The molecule has 6 heteroatoms. The fourth-order valence-electron chi connectivity index (χ4n) is 4.77. The fraction of sp³-hybridized carbons (Fsp3) is 0.500. The molecule has 1 aromatic carbocycles. The lowest BCUT2D eigenvalue weighted by molar-refractivity contribution is 0.0101. The standard InChI is InChI=1S/C22H28N4O2/c1-15-16(2)21(28-3)8-7-19(15)20-6-4-5-18-14-25(11-12-26(18)20)22(27)17-9-10-23-24-13-17/h7-10,13,18,20H,4-6,11-12,14H2,1-3H3/t18-,20+/m0/s1. The van der Waals surface area contributed by atoms with Gasteiger partial charge >= 0.3 is 0 Å². The van der Waals surface area contributed by atoms with Gasteiger partial charge in [-0.05, 0) is 61.9 Å². The van der Waals surface area contributed by atoms with Crippen molar-refractivity contribution in [3.05, 3.63) is 52.8 Å². The number of rotatable bonds is 3. The first-order chi connectivity index (χ1) is 13.6. The zero-order valence-electron chi connectivity index (χ0n) is 16.9. The van der Waals surface area contributed by atoms with E-state index < -0.39 is 0 Å².